The van der Waals surface area contributed by atoms with Crippen molar-refractivity contribution in [2.75, 3.05) is 5.75 Å². The van der Waals surface area contributed by atoms with Crippen LogP contribution in [0.1, 0.15) is 19.3 Å². The molecule has 0 fully saturated rings. The third kappa shape index (κ3) is 4.54. The zero-order valence-corrected chi connectivity index (χ0v) is 9.24. The van der Waals surface area contributed by atoms with Crippen LogP contribution in [0.25, 0.3) is 0 Å². The lowest BCUT2D eigenvalue weighted by Crippen LogP contribution is -2.29. The minimum absolute atomic E-state index is 0.106. The van der Waals surface area contributed by atoms with Crippen molar-refractivity contribution in [1.82, 2.24) is 15.6 Å². The van der Waals surface area contributed by atoms with Crippen molar-refractivity contribution >= 4 is 29.0 Å². The van der Waals surface area contributed by atoms with E-state index in [0.29, 0.717) is 6.42 Å². The van der Waals surface area contributed by atoms with Crippen molar-refractivity contribution in [3.63, 3.8) is 0 Å². The van der Waals surface area contributed by atoms with Gasteiger partial charge in [0, 0.05) is 12.2 Å². The van der Waals surface area contributed by atoms with E-state index in [2.05, 4.69) is 15.6 Å². The van der Waals surface area contributed by atoms with Gasteiger partial charge in [-0.3, -0.25) is 10.2 Å². The van der Waals surface area contributed by atoms with E-state index in [1.807, 2.05) is 0 Å². The van der Waals surface area contributed by atoms with Gasteiger partial charge in [-0.2, -0.15) is 0 Å². The van der Waals surface area contributed by atoms with Crippen molar-refractivity contribution in [3.8, 4) is 0 Å². The Morgan fingerprint density at radius 3 is 3.14 bits per heavy atom. The van der Waals surface area contributed by atoms with E-state index in [-0.39, 0.29) is 5.91 Å². The molecular formula is C7H12N4OS2. The molecule has 14 heavy (non-hydrogen) atoms. The van der Waals surface area contributed by atoms with Crippen LogP contribution >= 0.6 is 23.1 Å². The normalized spacial score (nSPS) is 10.1. The molecule has 3 N–H and O–H groups in total. The Bertz CT molecular complexity index is 265. The quantitative estimate of drug-likeness (QED) is 0.249. The fraction of sp³-hybridized carbons (Fsp3) is 0.571. The molecule has 0 spiro atoms. The molecule has 5 nitrogen and oxygen atoms in total. The van der Waals surface area contributed by atoms with Crippen LogP contribution in [0.3, 0.4) is 0 Å². The average Bonchev–Trinajstić information content (AvgIpc) is 2.69. The Balaban J connectivity index is 1.97. The highest BCUT2D eigenvalue weighted by atomic mass is 32.2. The van der Waals surface area contributed by atoms with Crippen LogP contribution in [-0.4, -0.2) is 21.9 Å². The molecule has 0 aliphatic carbocycles. The summed E-state index contributed by atoms with van der Waals surface area (Å²) >= 11 is 3.20. The molecule has 78 valence electrons. The summed E-state index contributed by atoms with van der Waals surface area (Å²) in [5.41, 5.74) is 3.82. The van der Waals surface area contributed by atoms with Crippen LogP contribution in [0.15, 0.2) is 9.85 Å². The zero-order valence-electron chi connectivity index (χ0n) is 7.60. The molecule has 0 aromatic carbocycles. The first-order valence-electron chi connectivity index (χ1n) is 4.21. The lowest BCUT2D eigenvalue weighted by molar-refractivity contribution is -0.121. The van der Waals surface area contributed by atoms with Gasteiger partial charge in [0.1, 0.15) is 5.51 Å². The minimum Gasteiger partial charge on any atom is -0.294 e. The summed E-state index contributed by atoms with van der Waals surface area (Å²) in [6.45, 7) is 0. The van der Waals surface area contributed by atoms with Crippen LogP contribution < -0.4 is 11.3 Å². The number of amides is 1. The number of hydrogen-bond acceptors (Lipinski definition) is 6. The van der Waals surface area contributed by atoms with E-state index < -0.39 is 0 Å². The Morgan fingerprint density at radius 1 is 1.64 bits per heavy atom. The van der Waals surface area contributed by atoms with Crippen LogP contribution in [-0.2, 0) is 4.79 Å². The molecule has 1 rings (SSSR count). The molecule has 1 aromatic rings. The third-order valence-electron chi connectivity index (χ3n) is 1.52. The second kappa shape index (κ2) is 6.74. The van der Waals surface area contributed by atoms with Crippen molar-refractivity contribution in [3.05, 3.63) is 5.51 Å². The summed E-state index contributed by atoms with van der Waals surface area (Å²) in [6, 6.07) is 0. The number of thioether (sulfide) groups is 1. The van der Waals surface area contributed by atoms with Gasteiger partial charge in [0.2, 0.25) is 5.91 Å². The fourth-order valence-corrected chi connectivity index (χ4v) is 2.40. The van der Waals surface area contributed by atoms with Gasteiger partial charge in [0.25, 0.3) is 0 Å². The summed E-state index contributed by atoms with van der Waals surface area (Å²) < 4.78 is 0.980. The number of nitrogens with zero attached hydrogens (tertiary/aromatic N) is 2. The minimum atomic E-state index is -0.106. The van der Waals surface area contributed by atoms with Gasteiger partial charge in [0.05, 0.1) is 0 Å². The lowest BCUT2D eigenvalue weighted by atomic mass is 10.2. The molecule has 7 heteroatoms. The molecule has 0 bridgehead atoms. The van der Waals surface area contributed by atoms with E-state index in [1.165, 1.54) is 11.3 Å². The number of carbonyl (C=O) groups is 1. The molecule has 0 saturated heterocycles. The first kappa shape index (κ1) is 11.4. The number of rotatable bonds is 6. The van der Waals surface area contributed by atoms with Crippen molar-refractivity contribution in [1.29, 1.82) is 0 Å². The van der Waals surface area contributed by atoms with Gasteiger partial charge >= 0.3 is 0 Å². The summed E-state index contributed by atoms with van der Waals surface area (Å²) in [5.74, 6) is 5.80. The van der Waals surface area contributed by atoms with Crippen molar-refractivity contribution in [2.45, 2.75) is 23.6 Å². The van der Waals surface area contributed by atoms with Crippen molar-refractivity contribution < 1.29 is 4.79 Å². The number of nitrogens with two attached hydrogens (primary N) is 1. The predicted octanol–water partition coefficient (Wildman–Crippen LogP) is 0.790. The maximum Gasteiger partial charge on any atom is 0.233 e. The predicted molar refractivity (Wildman–Crippen MR) is 56.8 cm³/mol. The molecule has 0 aliphatic rings. The number of carbonyl (C=O) groups excluding carboxylic acids is 1. The molecular weight excluding hydrogens is 220 g/mol. The van der Waals surface area contributed by atoms with Gasteiger partial charge in [-0.15, -0.1) is 10.2 Å². The van der Waals surface area contributed by atoms with E-state index in [4.69, 9.17) is 5.84 Å². The molecule has 1 aromatic heterocycles. The number of hydrogen-bond donors (Lipinski definition) is 2. The maximum atomic E-state index is 10.7. The Kier molecular flexibility index (Phi) is 5.50. The largest absolute Gasteiger partial charge is 0.294 e. The van der Waals surface area contributed by atoms with E-state index in [1.54, 1.807) is 17.3 Å². The Labute approximate surface area is 90.4 Å². The number of unbranched alkanes of at least 4 members (excludes halogenated alkanes) is 1. The summed E-state index contributed by atoms with van der Waals surface area (Å²) in [4.78, 5) is 10.7. The first-order chi connectivity index (χ1) is 6.83. The number of hydrazine groups is 1. The maximum absolute atomic E-state index is 10.7. The second-order valence-electron chi connectivity index (χ2n) is 2.58. The summed E-state index contributed by atoms with van der Waals surface area (Å²) in [7, 11) is 0. The highest BCUT2D eigenvalue weighted by molar-refractivity contribution is 8.00. The SMILES string of the molecule is NNC(=O)CCCCSc1nncs1. The van der Waals surface area contributed by atoms with Crippen molar-refractivity contribution in [2.24, 2.45) is 5.84 Å². The number of aromatic nitrogens is 2. The lowest BCUT2D eigenvalue weighted by Gasteiger charge is -1.98. The van der Waals surface area contributed by atoms with Crippen LogP contribution in [0.4, 0.5) is 0 Å². The first-order valence-corrected chi connectivity index (χ1v) is 6.08. The van der Waals surface area contributed by atoms with Gasteiger partial charge in [-0.25, -0.2) is 5.84 Å². The third-order valence-corrected chi connectivity index (χ3v) is 3.47. The van der Waals surface area contributed by atoms with E-state index in [0.717, 1.165) is 22.9 Å². The van der Waals surface area contributed by atoms with Crippen LogP contribution in [0.2, 0.25) is 0 Å². The van der Waals surface area contributed by atoms with Crippen LogP contribution in [0, 0.1) is 0 Å². The summed E-state index contributed by atoms with van der Waals surface area (Å²) in [5, 5.41) is 7.63. The second-order valence-corrected chi connectivity index (χ2v) is 4.75. The molecule has 0 radical (unpaired) electrons. The van der Waals surface area contributed by atoms with Gasteiger partial charge in [0.15, 0.2) is 4.34 Å². The standard InChI is InChI=1S/C7H12N4OS2/c8-10-6(12)3-1-2-4-13-7-11-9-5-14-7/h5H,1-4,8H2,(H,10,12). The molecule has 0 unspecified atom stereocenters. The molecule has 0 saturated carbocycles. The van der Waals surface area contributed by atoms with E-state index >= 15 is 0 Å². The Hall–Kier alpha value is -0.660. The molecule has 1 heterocycles. The Morgan fingerprint density at radius 2 is 2.50 bits per heavy atom. The highest BCUT2D eigenvalue weighted by Crippen LogP contribution is 2.20. The fourth-order valence-electron chi connectivity index (χ4n) is 0.845. The monoisotopic (exact) mass is 232 g/mol. The highest BCUT2D eigenvalue weighted by Gasteiger charge is 1.99. The average molecular weight is 232 g/mol. The van der Waals surface area contributed by atoms with Crippen LogP contribution in [0.5, 0.6) is 0 Å². The topological polar surface area (TPSA) is 80.9 Å². The zero-order chi connectivity index (χ0) is 10.2. The summed E-state index contributed by atoms with van der Waals surface area (Å²) in [6.07, 6.45) is 2.33. The molecule has 0 atom stereocenters. The number of nitrogens with one attached hydrogen (secondary N) is 1. The smallest absolute Gasteiger partial charge is 0.233 e. The van der Waals surface area contributed by atoms with Gasteiger partial charge < -0.3 is 0 Å². The van der Waals surface area contributed by atoms with Gasteiger partial charge in [-0.1, -0.05) is 23.1 Å². The van der Waals surface area contributed by atoms with Gasteiger partial charge in [-0.05, 0) is 12.8 Å². The molecule has 1 amide bonds. The van der Waals surface area contributed by atoms with E-state index in [9.17, 15) is 4.79 Å². The molecule has 0 aliphatic heterocycles.